The maximum absolute atomic E-state index is 12.4. The molecular formula is C100H169ClN13O14PSi5. The second-order valence-corrected chi connectivity index (χ2v) is 73.0. The number of hydrogen-bond donors (Lipinski definition) is 6. The van der Waals surface area contributed by atoms with Gasteiger partial charge in [0.15, 0.2) is 40.7 Å². The molecule has 750 valence electrons. The molecule has 5 fully saturated rings. The molecule has 11 rings (SSSR count). The minimum atomic E-state index is -3.95. The Labute approximate surface area is 815 Å². The van der Waals surface area contributed by atoms with Crippen LogP contribution in [0.5, 0.6) is 11.5 Å². The number of hydrogen-bond acceptors (Lipinski definition) is 20. The van der Waals surface area contributed by atoms with Gasteiger partial charge in [0.25, 0.3) is 0 Å². The van der Waals surface area contributed by atoms with Crippen LogP contribution in [0, 0.1) is 0 Å². The summed E-state index contributed by atoms with van der Waals surface area (Å²) in [6.45, 7) is 77.7. The van der Waals surface area contributed by atoms with Gasteiger partial charge in [-0.05, 0) is 177 Å². The molecular weight excluding hydrogens is 1810 g/mol. The maximum atomic E-state index is 12.4. The van der Waals surface area contributed by atoms with Crippen molar-refractivity contribution in [1.29, 1.82) is 0 Å². The first-order valence-corrected chi connectivity index (χ1v) is 64.3. The van der Waals surface area contributed by atoms with E-state index in [0.717, 1.165) is 72.0 Å². The second kappa shape index (κ2) is 51.4. The van der Waals surface area contributed by atoms with Gasteiger partial charge in [-0.2, -0.15) is 11.1 Å². The standard InChI is InChI=1S/C22H38N2O3Si.C17H28N4OSi.C17H29NO2Si.C15H32N2O3Si.C12H10N3O3P.C11H15NO2.C6H15ClSi.H2/c1-21(2,3)26-20(25)23-18-15-24(14-17-12-10-9-11-13-17)16-19(18)27-28(7,8)22(4,5)6;1-17(2,3)23(4,5)22-16-13-21(12-15(16)19-20-18)11-14-9-7-6-8-10-14;1-17(2,3)21(4,5)20-16-13-18(12-15(16)19)11-14-9-7-6-8-10-14;1-14(2,3)19-13(18)17-11-9-16-10-12(11)20-21(7,8)15(4,5)6;13-14-15-19(16,17-11-7-3-1-4-8-11)18-12-9-5-2-6-10-12;13-10-7-12(8-11(10)14)6-9-4-2-1-3-5-9;1-6(2,3)8(4,5)7;/h9-13,18-19H,14-16H2,1-8H3,(H,23,25);6-10,15-16H,11-13H2,1-5H3;6-10,15-16,19H,11-13H2,1-5H3;11-12,16H,9-10H2,1-8H3,(H,17,18);1-10H;1-5,10-11,13-14H,6-8H2;1-5H3;1H/t18-,19+;15-,16+;15-,16-;11-,12+;;10-,11-;;/m1101.0../s1. The van der Waals surface area contributed by atoms with E-state index in [1.54, 1.807) is 60.7 Å². The average molecular weight is 1980 g/mol. The number of nitrogens with one attached hydrogen (secondary N) is 3. The van der Waals surface area contributed by atoms with Crippen molar-refractivity contribution in [3.05, 3.63) is 225 Å². The van der Waals surface area contributed by atoms with Crippen LogP contribution in [0.2, 0.25) is 90.7 Å². The molecule has 6 aromatic rings. The molecule has 34 heteroatoms. The zero-order chi connectivity index (χ0) is 101. The van der Waals surface area contributed by atoms with E-state index in [-0.39, 0.29) is 82.4 Å². The van der Waals surface area contributed by atoms with Crippen molar-refractivity contribution in [2.75, 3.05) is 65.4 Å². The molecule has 0 saturated carbocycles. The zero-order valence-corrected chi connectivity index (χ0v) is 93.3. The number of β-amino-alcohol motifs (C(OH)–C–C–N with tert-alkyl or cyclic N) is 3. The van der Waals surface area contributed by atoms with E-state index in [2.05, 4.69) is 310 Å². The number of para-hydroxylation sites is 2. The SMILES string of the molecule is CC(C)(C)OC(=O)N[C@@H]1CN(Cc2ccccc2)C[C@@H]1O[Si](C)(C)C(C)(C)C.CC(C)(C)OC(=O)N[C@@H]1CNC[C@@H]1O[Si](C)(C)C(C)(C)C.CC(C)(C)[Si](C)(C)Cl.CC(C)(C)[Si](C)(C)O[C@H]1CN(Cc2ccccc2)C[C@@H]1O.CC(C)(C)[Si](C)(C)O[C@H]1CN(Cc2ccccc2)C[C@H]1N=[N+]=[N-].O[C@H]1CN(Cc2ccccc2)C[C@@H]1O.[HH].[N-]=[N+]=NP(=O)(Oc1ccccc1)Oc1ccccc1. The molecule has 0 spiro atoms. The lowest BCUT2D eigenvalue weighted by atomic mass is 10.2. The van der Waals surface area contributed by atoms with E-state index in [1.807, 2.05) is 77.9 Å². The van der Waals surface area contributed by atoms with Crippen LogP contribution in [0.25, 0.3) is 20.9 Å². The van der Waals surface area contributed by atoms with E-state index < -0.39 is 71.8 Å². The first-order chi connectivity index (χ1) is 61.7. The molecule has 6 aromatic carbocycles. The summed E-state index contributed by atoms with van der Waals surface area (Å²) in [5.74, 6) is 0.600. The van der Waals surface area contributed by atoms with Gasteiger partial charge < -0.3 is 67.5 Å². The zero-order valence-electron chi connectivity index (χ0n) is 86.6. The molecule has 5 saturated heterocycles. The number of carbonyl (C=O) groups excluding carboxylic acids is 2. The van der Waals surface area contributed by atoms with Crippen molar-refractivity contribution in [3.63, 3.8) is 0 Å². The van der Waals surface area contributed by atoms with E-state index in [0.29, 0.717) is 36.2 Å². The van der Waals surface area contributed by atoms with E-state index >= 15 is 0 Å². The summed E-state index contributed by atoms with van der Waals surface area (Å²) in [7, 11) is -12.8. The predicted molar refractivity (Wildman–Crippen MR) is 561 cm³/mol. The number of rotatable bonds is 24. The lowest BCUT2D eigenvalue weighted by molar-refractivity contribution is 0.0457. The third kappa shape index (κ3) is 41.7. The third-order valence-corrected chi connectivity index (χ3v) is 50.4. The third-order valence-electron chi connectivity index (χ3n) is 25.9. The minimum Gasteiger partial charge on any atom is -0.444 e. The van der Waals surface area contributed by atoms with Crippen LogP contribution >= 0.6 is 18.8 Å². The van der Waals surface area contributed by atoms with Crippen molar-refractivity contribution < 1.29 is 67.1 Å². The molecule has 2 amide bonds. The topological polar surface area (TPSA) is 332 Å². The Balaban J connectivity index is 0.000000335. The number of azide groups is 2. The Kier molecular flexibility index (Phi) is 45.1. The van der Waals surface area contributed by atoms with Gasteiger partial charge in [-0.25, -0.2) is 14.2 Å². The number of benzene rings is 6. The first kappa shape index (κ1) is 118. The molecule has 5 aliphatic rings. The van der Waals surface area contributed by atoms with Crippen molar-refractivity contribution in [2.24, 2.45) is 10.00 Å². The summed E-state index contributed by atoms with van der Waals surface area (Å²) in [6, 6.07) is 57.9. The largest absolute Gasteiger partial charge is 0.525 e. The number of aliphatic hydroxyl groups excluding tert-OH is 3. The fourth-order valence-corrected chi connectivity index (χ4v) is 19.7. The van der Waals surface area contributed by atoms with Crippen LogP contribution in [-0.2, 0) is 57.9 Å². The van der Waals surface area contributed by atoms with Crippen molar-refractivity contribution in [1.82, 2.24) is 35.6 Å². The smallest absolute Gasteiger partial charge is 0.444 e. The molecule has 5 aliphatic heterocycles. The Morgan fingerprint density at radius 2 is 0.687 bits per heavy atom. The van der Waals surface area contributed by atoms with Gasteiger partial charge in [0.05, 0.1) is 60.9 Å². The summed E-state index contributed by atoms with van der Waals surface area (Å²) >= 11 is 6.15. The molecule has 10 atom stereocenters. The molecule has 5 heterocycles. The van der Waals surface area contributed by atoms with Crippen molar-refractivity contribution in [3.8, 4) is 11.5 Å². The number of ether oxygens (including phenoxy) is 2. The molecule has 134 heavy (non-hydrogen) atoms. The Morgan fingerprint density at radius 1 is 0.403 bits per heavy atom. The second-order valence-electron chi connectivity index (χ2n) is 45.2. The van der Waals surface area contributed by atoms with E-state index in [4.69, 9.17) is 58.4 Å². The van der Waals surface area contributed by atoms with Crippen molar-refractivity contribution >= 4 is 71.7 Å². The molecule has 6 N–H and O–H groups in total. The van der Waals surface area contributed by atoms with Crippen molar-refractivity contribution in [2.45, 2.75) is 334 Å². The summed E-state index contributed by atoms with van der Waals surface area (Å²) < 4.78 is 59.4. The molecule has 0 radical (unpaired) electrons. The summed E-state index contributed by atoms with van der Waals surface area (Å²) in [6.07, 6.45) is -2.36. The average Bonchev–Trinajstić information content (AvgIpc) is 1.67. The van der Waals surface area contributed by atoms with Gasteiger partial charge in [-0.1, -0.05) is 280 Å². The predicted octanol–water partition coefficient (Wildman–Crippen LogP) is 23.7. The van der Waals surface area contributed by atoms with Gasteiger partial charge >= 0.3 is 19.9 Å². The normalized spacial score (nSPS) is 21.3. The summed E-state index contributed by atoms with van der Waals surface area (Å²) in [5, 5.41) is 43.3. The Hall–Kier alpha value is -6.80. The molecule has 27 nitrogen and oxygen atoms in total. The number of aliphatic hydroxyl groups is 3. The highest BCUT2D eigenvalue weighted by Gasteiger charge is 2.48. The highest BCUT2D eigenvalue weighted by molar-refractivity contribution is 7.53. The number of halogens is 1. The number of carbonyl (C=O) groups is 2. The minimum absolute atomic E-state index is 0. The molecule has 0 aromatic heterocycles. The van der Waals surface area contributed by atoms with Gasteiger partial charge in [0.2, 0.25) is 0 Å². The Morgan fingerprint density at radius 3 is 1.01 bits per heavy atom. The van der Waals surface area contributed by atoms with Gasteiger partial charge in [-0.3, -0.25) is 19.6 Å². The molecule has 0 aliphatic carbocycles. The lowest BCUT2D eigenvalue weighted by Crippen LogP contribution is -2.51. The fourth-order valence-electron chi connectivity index (χ4n) is 13.3. The highest BCUT2D eigenvalue weighted by Crippen LogP contribution is 2.50. The first-order valence-electron chi connectivity index (χ1n) is 47.1. The van der Waals surface area contributed by atoms with Gasteiger partial charge in [0.1, 0.15) is 22.7 Å². The van der Waals surface area contributed by atoms with Crippen LogP contribution in [0.15, 0.2) is 192 Å². The molecule has 0 bridgehead atoms. The van der Waals surface area contributed by atoms with Gasteiger partial charge in [0, 0.05) is 108 Å². The number of nitrogens with zero attached hydrogens (tertiary/aromatic N) is 10. The summed E-state index contributed by atoms with van der Waals surface area (Å²) in [4.78, 5) is 42.0. The van der Waals surface area contributed by atoms with E-state index in [9.17, 15) is 29.5 Å². The number of likely N-dealkylation sites (tertiary alicyclic amines) is 4. The summed E-state index contributed by atoms with van der Waals surface area (Å²) in [5.41, 5.74) is 21.4. The van der Waals surface area contributed by atoms with Crippen LogP contribution in [-0.4, -0.2) is 225 Å². The fraction of sp³-hybridized carbons (Fsp3) is 0.620. The number of alkyl carbamates (subject to hydrolysis) is 2. The lowest BCUT2D eigenvalue weighted by Gasteiger charge is -2.39. The number of amides is 2. The van der Waals surface area contributed by atoms with Crippen LogP contribution in [0.4, 0.5) is 9.59 Å². The van der Waals surface area contributed by atoms with E-state index in [1.165, 1.54) is 22.3 Å². The van der Waals surface area contributed by atoms with Crippen LogP contribution < -0.4 is 25.0 Å². The van der Waals surface area contributed by atoms with Crippen LogP contribution in [0.1, 0.15) is 169 Å². The van der Waals surface area contributed by atoms with Gasteiger partial charge in [-0.15, -0.1) is 0 Å². The molecule has 0 unspecified atom stereocenters. The quantitative estimate of drug-likeness (QED) is 0.00819. The Bertz CT molecular complexity index is 4550. The highest BCUT2D eigenvalue weighted by atomic mass is 35.6. The maximum Gasteiger partial charge on any atom is 0.525 e. The van der Waals surface area contributed by atoms with Crippen LogP contribution in [0.3, 0.4) is 0 Å². The monoisotopic (exact) mass is 1980 g/mol.